The van der Waals surface area contributed by atoms with Gasteiger partial charge in [-0.3, -0.25) is 0 Å². The van der Waals surface area contributed by atoms with Crippen molar-refractivity contribution in [2.75, 3.05) is 0 Å². The second kappa shape index (κ2) is 4.74. The molecule has 11 heavy (non-hydrogen) atoms. The van der Waals surface area contributed by atoms with Crippen molar-refractivity contribution in [1.29, 1.82) is 0 Å². The van der Waals surface area contributed by atoms with Crippen molar-refractivity contribution < 1.29 is 0 Å². The van der Waals surface area contributed by atoms with Gasteiger partial charge in [-0.2, -0.15) is 0 Å². The van der Waals surface area contributed by atoms with Crippen LogP contribution in [0.5, 0.6) is 0 Å². The van der Waals surface area contributed by atoms with Crippen LogP contribution in [0.25, 0.3) is 5.70 Å². The first kappa shape index (κ1) is 9.98. The molecular weight excluding hydrogens is 160 g/mol. The maximum absolute atomic E-state index is 3.89. The van der Waals surface area contributed by atoms with Gasteiger partial charge in [-0.1, -0.05) is 12.7 Å². The fourth-order valence-electron chi connectivity index (χ4n) is 0.718. The molecule has 0 amide bonds. The molecule has 1 heterocycles. The molecule has 0 bridgehead atoms. The highest BCUT2D eigenvalue weighted by Gasteiger charge is 1.90. The third-order valence-corrected chi connectivity index (χ3v) is 1.25. The van der Waals surface area contributed by atoms with E-state index in [0.717, 1.165) is 12.1 Å². The fraction of sp³-hybridized carbons (Fsp3) is 0.125. The van der Waals surface area contributed by atoms with E-state index in [-0.39, 0.29) is 12.4 Å². The van der Waals surface area contributed by atoms with Crippen LogP contribution in [0.2, 0.25) is 0 Å². The minimum atomic E-state index is 0. The van der Waals surface area contributed by atoms with E-state index in [0.29, 0.717) is 0 Å². The van der Waals surface area contributed by atoms with E-state index in [2.05, 4.69) is 18.1 Å². The Kier molecular flexibility index (Phi) is 4.30. The molecular formula is C8H11ClN2. The van der Waals surface area contributed by atoms with Gasteiger partial charge in [0, 0.05) is 24.5 Å². The topological polar surface area (TPSA) is 17.8 Å². The predicted octanol–water partition coefficient (Wildman–Crippen LogP) is 2.35. The lowest BCUT2D eigenvalue weighted by Crippen LogP contribution is -1.89. The Balaban J connectivity index is 0.000001000. The Morgan fingerprint density at radius 1 is 1.64 bits per heavy atom. The van der Waals surface area contributed by atoms with E-state index in [4.69, 9.17) is 0 Å². The summed E-state index contributed by atoms with van der Waals surface area (Å²) in [5, 5.41) is 0. The molecule has 60 valence electrons. The van der Waals surface area contributed by atoms with Crippen molar-refractivity contribution in [2.45, 2.75) is 6.42 Å². The molecule has 1 aromatic heterocycles. The van der Waals surface area contributed by atoms with Gasteiger partial charge >= 0.3 is 0 Å². The van der Waals surface area contributed by atoms with E-state index in [1.807, 2.05) is 16.8 Å². The lowest BCUT2D eigenvalue weighted by atomic mass is 10.3. The molecule has 0 radical (unpaired) electrons. The lowest BCUT2D eigenvalue weighted by Gasteiger charge is -2.00. The quantitative estimate of drug-likeness (QED) is 0.637. The highest BCUT2D eigenvalue weighted by molar-refractivity contribution is 5.85. The zero-order valence-corrected chi connectivity index (χ0v) is 7.05. The first-order chi connectivity index (χ1) is 4.84. The maximum atomic E-state index is 3.89. The number of aromatic nitrogens is 2. The molecule has 1 rings (SSSR count). The first-order valence-electron chi connectivity index (χ1n) is 3.11. The Morgan fingerprint density at radius 2 is 2.36 bits per heavy atom. The highest BCUT2D eigenvalue weighted by atomic mass is 35.5. The van der Waals surface area contributed by atoms with Crippen LogP contribution in [0.4, 0.5) is 0 Å². The predicted molar refractivity (Wildman–Crippen MR) is 49.6 cm³/mol. The van der Waals surface area contributed by atoms with Crippen molar-refractivity contribution in [3.63, 3.8) is 0 Å². The Labute approximate surface area is 72.7 Å². The third-order valence-electron chi connectivity index (χ3n) is 1.25. The molecule has 0 aliphatic carbocycles. The van der Waals surface area contributed by atoms with Crippen LogP contribution in [0.3, 0.4) is 0 Å². The van der Waals surface area contributed by atoms with E-state index < -0.39 is 0 Å². The van der Waals surface area contributed by atoms with Crippen molar-refractivity contribution >= 4 is 18.1 Å². The number of nitrogens with zero attached hydrogens (tertiary/aromatic N) is 2. The van der Waals surface area contributed by atoms with E-state index >= 15 is 0 Å². The van der Waals surface area contributed by atoms with Crippen LogP contribution in [0.15, 0.2) is 38.0 Å². The van der Waals surface area contributed by atoms with Crippen LogP contribution >= 0.6 is 12.4 Å². The average molecular weight is 171 g/mol. The second-order valence-electron chi connectivity index (χ2n) is 2.03. The average Bonchev–Trinajstić information content (AvgIpc) is 2.38. The van der Waals surface area contributed by atoms with Gasteiger partial charge in [0.25, 0.3) is 0 Å². The van der Waals surface area contributed by atoms with Crippen LogP contribution in [0.1, 0.15) is 6.42 Å². The van der Waals surface area contributed by atoms with Crippen LogP contribution in [-0.2, 0) is 0 Å². The fourth-order valence-corrected chi connectivity index (χ4v) is 0.718. The molecule has 0 atom stereocenters. The molecule has 0 aliphatic rings. The molecule has 1 aromatic rings. The number of rotatable bonds is 3. The maximum Gasteiger partial charge on any atom is 0.0989 e. The summed E-state index contributed by atoms with van der Waals surface area (Å²) in [6.07, 6.45) is 7.95. The highest BCUT2D eigenvalue weighted by Crippen LogP contribution is 2.04. The lowest BCUT2D eigenvalue weighted by molar-refractivity contribution is 1.05. The van der Waals surface area contributed by atoms with E-state index in [1.54, 1.807) is 12.5 Å². The van der Waals surface area contributed by atoms with E-state index in [9.17, 15) is 0 Å². The molecule has 0 saturated carbocycles. The molecule has 0 saturated heterocycles. The van der Waals surface area contributed by atoms with Gasteiger partial charge in [0.1, 0.15) is 0 Å². The molecule has 0 aliphatic heterocycles. The molecule has 0 N–H and O–H groups in total. The summed E-state index contributed by atoms with van der Waals surface area (Å²) in [5.41, 5.74) is 0.993. The summed E-state index contributed by atoms with van der Waals surface area (Å²) in [6, 6.07) is 0. The molecule has 0 aromatic carbocycles. The van der Waals surface area contributed by atoms with Crippen LogP contribution in [-0.4, -0.2) is 9.55 Å². The summed E-state index contributed by atoms with van der Waals surface area (Å²) in [7, 11) is 0. The number of hydrogen-bond acceptors (Lipinski definition) is 1. The van der Waals surface area contributed by atoms with Crippen molar-refractivity contribution in [3.8, 4) is 0 Å². The summed E-state index contributed by atoms with van der Waals surface area (Å²) in [5.74, 6) is 0. The normalized spacial score (nSPS) is 8.36. The number of allylic oxidation sites excluding steroid dienone is 2. The van der Waals surface area contributed by atoms with Gasteiger partial charge in [0.2, 0.25) is 0 Å². The third kappa shape index (κ3) is 2.60. The number of imidazole rings is 1. The zero-order valence-electron chi connectivity index (χ0n) is 6.23. The van der Waals surface area contributed by atoms with Gasteiger partial charge in [0.15, 0.2) is 0 Å². The minimum absolute atomic E-state index is 0. The van der Waals surface area contributed by atoms with Gasteiger partial charge < -0.3 is 4.57 Å². The Hall–Kier alpha value is -1.02. The molecule has 0 fully saturated rings. The number of halogens is 1. The van der Waals surface area contributed by atoms with Crippen molar-refractivity contribution in [3.05, 3.63) is 38.0 Å². The summed E-state index contributed by atoms with van der Waals surface area (Å²) in [4.78, 5) is 3.89. The summed E-state index contributed by atoms with van der Waals surface area (Å²) >= 11 is 0. The van der Waals surface area contributed by atoms with Gasteiger partial charge in [0.05, 0.1) is 6.33 Å². The number of hydrogen-bond donors (Lipinski definition) is 0. The molecule has 0 unspecified atom stereocenters. The Bertz CT molecular complexity index is 226. The second-order valence-corrected chi connectivity index (χ2v) is 2.03. The molecule has 2 nitrogen and oxygen atoms in total. The minimum Gasteiger partial charge on any atom is -0.310 e. The summed E-state index contributed by atoms with van der Waals surface area (Å²) in [6.45, 7) is 7.45. The summed E-state index contributed by atoms with van der Waals surface area (Å²) < 4.78 is 1.88. The van der Waals surface area contributed by atoms with Crippen LogP contribution < -0.4 is 0 Å². The van der Waals surface area contributed by atoms with Gasteiger partial charge in [-0.15, -0.1) is 19.0 Å². The van der Waals surface area contributed by atoms with Gasteiger partial charge in [-0.25, -0.2) is 4.98 Å². The zero-order chi connectivity index (χ0) is 7.40. The van der Waals surface area contributed by atoms with E-state index in [1.165, 1.54) is 0 Å². The smallest absolute Gasteiger partial charge is 0.0989 e. The molecule has 3 heteroatoms. The molecule has 0 spiro atoms. The first-order valence-corrected chi connectivity index (χ1v) is 3.11. The SMILES string of the molecule is C=CCC(=C)n1ccnc1.Cl. The van der Waals surface area contributed by atoms with Crippen molar-refractivity contribution in [2.24, 2.45) is 0 Å². The Morgan fingerprint density at radius 3 is 2.82 bits per heavy atom. The standard InChI is InChI=1S/C8H10N2.ClH/c1-3-4-8(2)10-6-5-9-7-10;/h3,5-7H,1-2,4H2;1H. The monoisotopic (exact) mass is 170 g/mol. The largest absolute Gasteiger partial charge is 0.310 e. The van der Waals surface area contributed by atoms with Gasteiger partial charge in [-0.05, 0) is 0 Å². The van der Waals surface area contributed by atoms with Crippen molar-refractivity contribution in [1.82, 2.24) is 9.55 Å². The van der Waals surface area contributed by atoms with Crippen LogP contribution in [0, 0.1) is 0 Å².